The Bertz CT molecular complexity index is 993. The number of piperazine rings is 1. The van der Waals surface area contributed by atoms with Crippen molar-refractivity contribution in [2.45, 2.75) is 26.3 Å². The molecule has 156 valence electrons. The van der Waals surface area contributed by atoms with Gasteiger partial charge in [-0.2, -0.15) is 4.98 Å². The molecule has 2 aromatic carbocycles. The lowest BCUT2D eigenvalue weighted by atomic mass is 10.1. The van der Waals surface area contributed by atoms with E-state index in [9.17, 15) is 4.79 Å². The van der Waals surface area contributed by atoms with Gasteiger partial charge in [0.15, 0.2) is 0 Å². The number of rotatable bonds is 5. The van der Waals surface area contributed by atoms with Gasteiger partial charge in [-0.05, 0) is 55.3 Å². The number of hydrogen-bond acceptors (Lipinski definition) is 5. The van der Waals surface area contributed by atoms with E-state index in [0.717, 1.165) is 30.6 Å². The lowest BCUT2D eigenvalue weighted by Gasteiger charge is -2.36. The highest BCUT2D eigenvalue weighted by molar-refractivity contribution is 6.30. The van der Waals surface area contributed by atoms with Crippen molar-refractivity contribution in [3.8, 4) is 11.4 Å². The summed E-state index contributed by atoms with van der Waals surface area (Å²) >= 11 is 5.94. The van der Waals surface area contributed by atoms with E-state index in [1.807, 2.05) is 53.4 Å². The second-order valence-electron chi connectivity index (χ2n) is 7.52. The number of carbonyl (C=O) groups excluding carboxylic acids is 1. The second-order valence-corrected chi connectivity index (χ2v) is 7.95. The SMILES string of the molecule is CCc1ccc(C(=O)N2CCN([C@H](C)c3nc(-c4ccc(Cl)cc4)no3)CC2)cc1. The summed E-state index contributed by atoms with van der Waals surface area (Å²) in [5.41, 5.74) is 2.85. The first-order valence-electron chi connectivity index (χ1n) is 10.3. The fraction of sp³-hybridized carbons (Fsp3) is 0.348. The summed E-state index contributed by atoms with van der Waals surface area (Å²) in [6, 6.07) is 15.3. The van der Waals surface area contributed by atoms with Crippen molar-refractivity contribution in [1.29, 1.82) is 0 Å². The molecule has 1 saturated heterocycles. The third-order valence-electron chi connectivity index (χ3n) is 5.66. The van der Waals surface area contributed by atoms with Gasteiger partial charge in [-0.3, -0.25) is 9.69 Å². The summed E-state index contributed by atoms with van der Waals surface area (Å²) in [4.78, 5) is 21.5. The maximum absolute atomic E-state index is 12.8. The molecular formula is C23H25ClN4O2. The molecule has 1 amide bonds. The highest BCUT2D eigenvalue weighted by Crippen LogP contribution is 2.24. The van der Waals surface area contributed by atoms with Crippen molar-refractivity contribution in [2.24, 2.45) is 0 Å². The van der Waals surface area contributed by atoms with Gasteiger partial charge in [-0.1, -0.05) is 35.8 Å². The Hall–Kier alpha value is -2.70. The number of carbonyl (C=O) groups is 1. The fourth-order valence-electron chi connectivity index (χ4n) is 3.66. The van der Waals surface area contributed by atoms with Crippen LogP contribution in [0.4, 0.5) is 0 Å². The third-order valence-corrected chi connectivity index (χ3v) is 5.91. The molecule has 2 heterocycles. The quantitative estimate of drug-likeness (QED) is 0.604. The predicted octanol–water partition coefficient (Wildman–Crippen LogP) is 4.47. The molecule has 1 aromatic heterocycles. The zero-order valence-electron chi connectivity index (χ0n) is 17.2. The van der Waals surface area contributed by atoms with Crippen molar-refractivity contribution < 1.29 is 9.32 Å². The number of benzene rings is 2. The third kappa shape index (κ3) is 4.40. The van der Waals surface area contributed by atoms with E-state index >= 15 is 0 Å². The highest BCUT2D eigenvalue weighted by atomic mass is 35.5. The summed E-state index contributed by atoms with van der Waals surface area (Å²) in [6.07, 6.45) is 0.973. The number of nitrogens with zero attached hydrogens (tertiary/aromatic N) is 4. The van der Waals surface area contributed by atoms with Crippen LogP contribution in [0.2, 0.25) is 5.02 Å². The molecule has 0 saturated carbocycles. The van der Waals surface area contributed by atoms with Crippen LogP contribution in [0.5, 0.6) is 0 Å². The molecule has 0 N–H and O–H groups in total. The molecule has 1 fully saturated rings. The number of amides is 1. The first-order chi connectivity index (χ1) is 14.5. The van der Waals surface area contributed by atoms with Crippen molar-refractivity contribution in [3.63, 3.8) is 0 Å². The molecule has 0 unspecified atom stereocenters. The predicted molar refractivity (Wildman–Crippen MR) is 116 cm³/mol. The second kappa shape index (κ2) is 8.98. The molecule has 7 heteroatoms. The zero-order chi connectivity index (χ0) is 21.1. The van der Waals surface area contributed by atoms with Crippen molar-refractivity contribution >= 4 is 17.5 Å². The standard InChI is InChI=1S/C23H25ClN4O2/c1-3-17-4-6-19(7-5-17)23(29)28-14-12-27(13-15-28)16(2)22-25-21(26-30-22)18-8-10-20(24)11-9-18/h4-11,16H,3,12-15H2,1-2H3/t16-/m1/s1. The Morgan fingerprint density at radius 2 is 1.73 bits per heavy atom. The van der Waals surface area contributed by atoms with Gasteiger partial charge in [0.05, 0.1) is 6.04 Å². The maximum atomic E-state index is 12.8. The average molecular weight is 425 g/mol. The molecule has 1 atom stereocenters. The maximum Gasteiger partial charge on any atom is 0.253 e. The van der Waals surface area contributed by atoms with Gasteiger partial charge in [0, 0.05) is 42.3 Å². The highest BCUT2D eigenvalue weighted by Gasteiger charge is 2.28. The fourth-order valence-corrected chi connectivity index (χ4v) is 3.78. The number of hydrogen-bond donors (Lipinski definition) is 0. The van der Waals surface area contributed by atoms with Gasteiger partial charge in [0.25, 0.3) is 5.91 Å². The van der Waals surface area contributed by atoms with Gasteiger partial charge in [-0.25, -0.2) is 0 Å². The van der Waals surface area contributed by atoms with E-state index in [2.05, 4.69) is 28.9 Å². The normalized spacial score (nSPS) is 15.9. The van der Waals surface area contributed by atoms with Crippen molar-refractivity contribution in [1.82, 2.24) is 19.9 Å². The Balaban J connectivity index is 1.36. The van der Waals surface area contributed by atoms with Gasteiger partial charge in [0.2, 0.25) is 11.7 Å². The largest absolute Gasteiger partial charge is 0.337 e. The molecule has 1 aliphatic rings. The molecule has 0 radical (unpaired) electrons. The first-order valence-corrected chi connectivity index (χ1v) is 10.6. The van der Waals surface area contributed by atoms with Crippen LogP contribution >= 0.6 is 11.6 Å². The van der Waals surface area contributed by atoms with E-state index in [1.165, 1.54) is 5.56 Å². The van der Waals surface area contributed by atoms with Crippen LogP contribution in [0.15, 0.2) is 53.1 Å². The Morgan fingerprint density at radius 3 is 2.37 bits per heavy atom. The first kappa shape index (κ1) is 20.6. The van der Waals surface area contributed by atoms with Crippen LogP contribution in [-0.4, -0.2) is 52.0 Å². The molecule has 1 aliphatic heterocycles. The zero-order valence-corrected chi connectivity index (χ0v) is 18.0. The lowest BCUT2D eigenvalue weighted by molar-refractivity contribution is 0.0551. The molecule has 0 bridgehead atoms. The van der Waals surface area contributed by atoms with E-state index < -0.39 is 0 Å². The number of aromatic nitrogens is 2. The minimum Gasteiger partial charge on any atom is -0.337 e. The van der Waals surface area contributed by atoms with Crippen LogP contribution in [0, 0.1) is 0 Å². The Morgan fingerprint density at radius 1 is 1.07 bits per heavy atom. The minimum atomic E-state index is -0.0142. The van der Waals surface area contributed by atoms with Gasteiger partial charge in [0.1, 0.15) is 0 Å². The Labute approximate surface area is 181 Å². The monoisotopic (exact) mass is 424 g/mol. The smallest absolute Gasteiger partial charge is 0.253 e. The summed E-state index contributed by atoms with van der Waals surface area (Å²) in [6.45, 7) is 7.05. The molecule has 3 aromatic rings. The van der Waals surface area contributed by atoms with E-state index in [4.69, 9.17) is 16.1 Å². The summed E-state index contributed by atoms with van der Waals surface area (Å²) in [5.74, 6) is 1.22. The molecular weight excluding hydrogens is 400 g/mol. The van der Waals surface area contributed by atoms with Crippen molar-refractivity contribution in [2.75, 3.05) is 26.2 Å². The molecule has 30 heavy (non-hydrogen) atoms. The topological polar surface area (TPSA) is 62.5 Å². The number of aryl methyl sites for hydroxylation is 1. The molecule has 6 nitrogen and oxygen atoms in total. The van der Waals surface area contributed by atoms with Gasteiger partial charge < -0.3 is 9.42 Å². The van der Waals surface area contributed by atoms with Crippen LogP contribution < -0.4 is 0 Å². The lowest BCUT2D eigenvalue weighted by Crippen LogP contribution is -2.49. The van der Waals surface area contributed by atoms with Crippen LogP contribution in [-0.2, 0) is 6.42 Å². The van der Waals surface area contributed by atoms with Crippen LogP contribution in [0.3, 0.4) is 0 Å². The average Bonchev–Trinajstić information content (AvgIpc) is 3.29. The van der Waals surface area contributed by atoms with Gasteiger partial charge in [-0.15, -0.1) is 0 Å². The van der Waals surface area contributed by atoms with Gasteiger partial charge >= 0.3 is 0 Å². The molecule has 0 aliphatic carbocycles. The molecule has 0 spiro atoms. The van der Waals surface area contributed by atoms with Crippen LogP contribution in [0.1, 0.15) is 41.7 Å². The van der Waals surface area contributed by atoms with E-state index in [0.29, 0.717) is 29.8 Å². The van der Waals surface area contributed by atoms with E-state index in [1.54, 1.807) is 0 Å². The Kier molecular flexibility index (Phi) is 6.16. The van der Waals surface area contributed by atoms with E-state index in [-0.39, 0.29) is 11.9 Å². The number of halogens is 1. The van der Waals surface area contributed by atoms with Crippen LogP contribution in [0.25, 0.3) is 11.4 Å². The summed E-state index contributed by atoms with van der Waals surface area (Å²) < 4.78 is 5.51. The summed E-state index contributed by atoms with van der Waals surface area (Å²) in [7, 11) is 0. The van der Waals surface area contributed by atoms with Crippen molar-refractivity contribution in [3.05, 3.63) is 70.6 Å². The summed E-state index contributed by atoms with van der Waals surface area (Å²) in [5, 5.41) is 4.78. The minimum absolute atomic E-state index is 0.0142. The molecule has 4 rings (SSSR count).